The third-order valence-corrected chi connectivity index (χ3v) is 2.59. The van der Waals surface area contributed by atoms with Crippen LogP contribution >= 0.6 is 0 Å². The Labute approximate surface area is 117 Å². The summed E-state index contributed by atoms with van der Waals surface area (Å²) in [4.78, 5) is 24.8. The molecule has 1 heterocycles. The molecule has 1 N–H and O–H groups in total. The summed E-state index contributed by atoms with van der Waals surface area (Å²) >= 11 is 0. The predicted molar refractivity (Wildman–Crippen MR) is 66.0 cm³/mol. The molecule has 0 aromatic carbocycles. The van der Waals surface area contributed by atoms with Gasteiger partial charge in [-0.15, -0.1) is 0 Å². The number of carboxylic acid groups (broad SMARTS) is 1. The monoisotopic (exact) mass is 307 g/mol. The smallest absolute Gasteiger partial charge is 0.433 e. The number of pyridine rings is 1. The molecule has 0 unspecified atom stereocenters. The van der Waals surface area contributed by atoms with Gasteiger partial charge in [0.1, 0.15) is 24.1 Å². The minimum atomic E-state index is -4.78. The maximum atomic E-state index is 12.7. The first-order valence-electron chi connectivity index (χ1n) is 5.74. The van der Waals surface area contributed by atoms with Crippen molar-refractivity contribution >= 4 is 17.3 Å². The lowest BCUT2D eigenvalue weighted by molar-refractivity contribution is -0.384. The molecule has 7 nitrogen and oxygen atoms in total. The Balaban J connectivity index is 3.46. The first-order valence-corrected chi connectivity index (χ1v) is 5.74. The Bertz CT molecular complexity index is 560. The molecule has 0 aliphatic rings. The van der Waals surface area contributed by atoms with Gasteiger partial charge in [0.15, 0.2) is 0 Å². The highest BCUT2D eigenvalue weighted by Crippen LogP contribution is 2.35. The summed E-state index contributed by atoms with van der Waals surface area (Å²) in [6, 6.07) is -0.0653. The summed E-state index contributed by atoms with van der Waals surface area (Å²) in [5, 5.41) is 19.7. The minimum absolute atomic E-state index is 0.431. The number of halogens is 3. The minimum Gasteiger partial charge on any atom is -0.480 e. The lowest BCUT2D eigenvalue weighted by atomic mass is 10.2. The number of hydrogen-bond donors (Lipinski definition) is 1. The predicted octanol–water partition coefficient (Wildman–Crippen LogP) is 2.31. The van der Waals surface area contributed by atoms with Crippen molar-refractivity contribution in [2.24, 2.45) is 0 Å². The zero-order valence-electron chi connectivity index (χ0n) is 11.1. The van der Waals surface area contributed by atoms with E-state index in [9.17, 15) is 28.1 Å². The third kappa shape index (κ3) is 4.04. The van der Waals surface area contributed by atoms with Crippen LogP contribution in [0.4, 0.5) is 24.5 Å². The summed E-state index contributed by atoms with van der Waals surface area (Å²) in [6.45, 7) is 2.36. The van der Waals surface area contributed by atoms with Crippen LogP contribution in [0.15, 0.2) is 12.3 Å². The van der Waals surface area contributed by atoms with Crippen LogP contribution in [-0.2, 0) is 11.0 Å². The van der Waals surface area contributed by atoms with Crippen LogP contribution in [0.2, 0.25) is 0 Å². The largest absolute Gasteiger partial charge is 0.480 e. The molecule has 0 atom stereocenters. The van der Waals surface area contributed by atoms with Crippen LogP contribution in [0.25, 0.3) is 0 Å². The van der Waals surface area contributed by atoms with E-state index in [-0.39, 0.29) is 0 Å². The molecule has 0 spiro atoms. The Kier molecular flexibility index (Phi) is 4.71. The normalized spacial score (nSPS) is 11.5. The molecule has 116 valence electrons. The van der Waals surface area contributed by atoms with Crippen molar-refractivity contribution < 1.29 is 28.0 Å². The van der Waals surface area contributed by atoms with Gasteiger partial charge in [-0.1, -0.05) is 0 Å². The molecule has 21 heavy (non-hydrogen) atoms. The van der Waals surface area contributed by atoms with Gasteiger partial charge in [0, 0.05) is 6.04 Å². The second-order valence-electron chi connectivity index (χ2n) is 4.43. The fourth-order valence-corrected chi connectivity index (χ4v) is 1.65. The lowest BCUT2D eigenvalue weighted by Crippen LogP contribution is -2.36. The molecule has 0 bridgehead atoms. The fourth-order valence-electron chi connectivity index (χ4n) is 1.65. The van der Waals surface area contributed by atoms with Gasteiger partial charge < -0.3 is 10.0 Å². The summed E-state index contributed by atoms with van der Waals surface area (Å²) < 4.78 is 38.0. The van der Waals surface area contributed by atoms with Crippen molar-refractivity contribution in [2.75, 3.05) is 11.4 Å². The first-order chi connectivity index (χ1) is 9.54. The summed E-state index contributed by atoms with van der Waals surface area (Å²) in [7, 11) is 0. The Morgan fingerprint density at radius 2 is 2.10 bits per heavy atom. The molecule has 0 aliphatic heterocycles. The SMILES string of the molecule is CC(C)N(CC(=O)O)c1cc(C(F)(F)F)ncc1[N+](=O)[O-]. The van der Waals surface area contributed by atoms with E-state index in [1.807, 2.05) is 0 Å². The van der Waals surface area contributed by atoms with Gasteiger partial charge in [-0.3, -0.25) is 14.9 Å². The van der Waals surface area contributed by atoms with Gasteiger partial charge in [-0.05, 0) is 19.9 Å². The molecular weight excluding hydrogens is 295 g/mol. The van der Waals surface area contributed by atoms with Crippen molar-refractivity contribution in [3.05, 3.63) is 28.1 Å². The van der Waals surface area contributed by atoms with E-state index in [2.05, 4.69) is 4.98 Å². The van der Waals surface area contributed by atoms with Gasteiger partial charge in [0.05, 0.1) is 4.92 Å². The maximum absolute atomic E-state index is 12.7. The van der Waals surface area contributed by atoms with Crippen molar-refractivity contribution in [3.63, 3.8) is 0 Å². The van der Waals surface area contributed by atoms with Gasteiger partial charge in [-0.2, -0.15) is 13.2 Å². The van der Waals surface area contributed by atoms with Crippen LogP contribution in [0.1, 0.15) is 19.5 Å². The highest BCUT2D eigenvalue weighted by molar-refractivity contribution is 5.76. The van der Waals surface area contributed by atoms with E-state index in [0.29, 0.717) is 12.3 Å². The second-order valence-corrected chi connectivity index (χ2v) is 4.43. The molecule has 1 aromatic rings. The van der Waals surface area contributed by atoms with Gasteiger partial charge >= 0.3 is 17.8 Å². The van der Waals surface area contributed by atoms with Crippen LogP contribution in [-0.4, -0.2) is 33.6 Å². The standard InChI is InChI=1S/C11H12F3N3O4/c1-6(2)16(5-10(18)19)7-3-9(11(12,13)14)15-4-8(7)17(20)21/h3-4,6H,5H2,1-2H3,(H,18,19). The number of nitrogens with zero attached hydrogens (tertiary/aromatic N) is 3. The van der Waals surface area contributed by atoms with E-state index in [4.69, 9.17) is 5.11 Å². The van der Waals surface area contributed by atoms with Crippen LogP contribution in [0, 0.1) is 10.1 Å². The number of carbonyl (C=O) groups is 1. The second kappa shape index (κ2) is 5.94. The molecule has 0 saturated heterocycles. The molecule has 0 fully saturated rings. The maximum Gasteiger partial charge on any atom is 0.433 e. The van der Waals surface area contributed by atoms with E-state index < -0.39 is 46.7 Å². The summed E-state index contributed by atoms with van der Waals surface area (Å²) in [6.07, 6.45) is -4.30. The number of hydrogen-bond acceptors (Lipinski definition) is 5. The van der Waals surface area contributed by atoms with E-state index in [1.54, 1.807) is 0 Å². The fraction of sp³-hybridized carbons (Fsp3) is 0.455. The average Bonchev–Trinajstić information content (AvgIpc) is 2.33. The molecule has 1 aromatic heterocycles. The number of anilines is 1. The van der Waals surface area contributed by atoms with Gasteiger partial charge in [0.25, 0.3) is 0 Å². The Hall–Kier alpha value is -2.39. The molecule has 0 amide bonds. The van der Waals surface area contributed by atoms with Crippen LogP contribution < -0.4 is 4.90 Å². The van der Waals surface area contributed by atoms with Gasteiger partial charge in [0.2, 0.25) is 0 Å². The zero-order chi connectivity index (χ0) is 16.4. The Morgan fingerprint density at radius 3 is 2.48 bits per heavy atom. The molecular formula is C11H12F3N3O4. The van der Waals surface area contributed by atoms with Gasteiger partial charge in [-0.25, -0.2) is 4.98 Å². The first kappa shape index (κ1) is 16.7. The molecule has 10 heteroatoms. The number of aliphatic carboxylic acids is 1. The number of rotatable bonds is 5. The number of alkyl halides is 3. The molecule has 1 rings (SSSR count). The van der Waals surface area contributed by atoms with Crippen molar-refractivity contribution in [1.82, 2.24) is 4.98 Å². The quantitative estimate of drug-likeness (QED) is 0.662. The highest BCUT2D eigenvalue weighted by Gasteiger charge is 2.35. The Morgan fingerprint density at radius 1 is 1.52 bits per heavy atom. The molecule has 0 aliphatic carbocycles. The van der Waals surface area contributed by atoms with E-state index >= 15 is 0 Å². The average molecular weight is 307 g/mol. The number of aromatic nitrogens is 1. The van der Waals surface area contributed by atoms with Crippen LogP contribution in [0.5, 0.6) is 0 Å². The highest BCUT2D eigenvalue weighted by atomic mass is 19.4. The summed E-state index contributed by atoms with van der Waals surface area (Å²) in [5.74, 6) is -1.32. The number of carboxylic acids is 1. The van der Waals surface area contributed by atoms with Crippen LogP contribution in [0.3, 0.4) is 0 Å². The third-order valence-electron chi connectivity index (χ3n) is 2.59. The molecule has 0 radical (unpaired) electrons. The summed E-state index contributed by atoms with van der Waals surface area (Å²) in [5.41, 5.74) is -2.43. The molecule has 0 saturated carbocycles. The van der Waals surface area contributed by atoms with E-state index in [1.165, 1.54) is 13.8 Å². The lowest BCUT2D eigenvalue weighted by Gasteiger charge is -2.27. The van der Waals surface area contributed by atoms with Crippen molar-refractivity contribution in [2.45, 2.75) is 26.1 Å². The number of nitro groups is 1. The van der Waals surface area contributed by atoms with E-state index in [0.717, 1.165) is 4.90 Å². The van der Waals surface area contributed by atoms with Crippen molar-refractivity contribution in [1.29, 1.82) is 0 Å². The zero-order valence-corrected chi connectivity index (χ0v) is 11.1. The van der Waals surface area contributed by atoms with Crippen molar-refractivity contribution in [3.8, 4) is 0 Å². The topological polar surface area (TPSA) is 96.6 Å².